The Bertz CT molecular complexity index is 555. The summed E-state index contributed by atoms with van der Waals surface area (Å²) in [5.74, 6) is -0.189. The maximum Gasteiger partial charge on any atom is 0.182 e. The van der Waals surface area contributed by atoms with Crippen molar-refractivity contribution in [1.82, 2.24) is 0 Å². The van der Waals surface area contributed by atoms with E-state index in [1.54, 1.807) is 0 Å². The monoisotopic (exact) mass is 234 g/mol. The van der Waals surface area contributed by atoms with Gasteiger partial charge in [-0.2, -0.15) is 21.0 Å². The molecule has 0 amide bonds. The average molecular weight is 234 g/mol. The van der Waals surface area contributed by atoms with Gasteiger partial charge in [-0.3, -0.25) is 0 Å². The van der Waals surface area contributed by atoms with E-state index in [0.29, 0.717) is 5.92 Å². The molecule has 0 aliphatic heterocycles. The van der Waals surface area contributed by atoms with Gasteiger partial charge in [0.25, 0.3) is 0 Å². The predicted octanol–water partition coefficient (Wildman–Crippen LogP) is 1.90. The highest BCUT2D eigenvalue weighted by Crippen LogP contribution is 2.81. The van der Waals surface area contributed by atoms with Crippen LogP contribution >= 0.6 is 0 Å². The molecule has 1 spiro atoms. The van der Waals surface area contributed by atoms with Crippen molar-refractivity contribution < 1.29 is 0 Å². The first-order chi connectivity index (χ1) is 8.59. The molecule has 86 valence electrons. The highest BCUT2D eigenvalue weighted by molar-refractivity contribution is 5.52. The topological polar surface area (TPSA) is 95.2 Å². The molecule has 0 heterocycles. The Labute approximate surface area is 105 Å². The molecule has 2 bridgehead atoms. The minimum absolute atomic E-state index is 0.197. The highest BCUT2D eigenvalue weighted by atomic mass is 14.8. The third kappa shape index (κ3) is 0.687. The van der Waals surface area contributed by atoms with Crippen LogP contribution in [-0.2, 0) is 0 Å². The van der Waals surface area contributed by atoms with Crippen LogP contribution in [0, 0.1) is 79.3 Å². The summed E-state index contributed by atoms with van der Waals surface area (Å²) in [7, 11) is 0. The van der Waals surface area contributed by atoms with Gasteiger partial charge in [-0.1, -0.05) is 19.1 Å². The zero-order valence-electron chi connectivity index (χ0n) is 9.88. The summed E-state index contributed by atoms with van der Waals surface area (Å²) in [4.78, 5) is 0. The standard InChI is InChI=1S/C14H10N4/c1-9-4-14(9)10-2-3-11(14)13(7-17,8-18)12(10,5-15)6-16/h2-3,9-11H,4H2,1H3/t9?,10-,11+,14?. The molecular formula is C14H10N4. The third-order valence-electron chi connectivity index (χ3n) is 5.33. The zero-order valence-corrected chi connectivity index (χ0v) is 9.88. The van der Waals surface area contributed by atoms with Gasteiger partial charge in [-0.15, -0.1) is 0 Å². The van der Waals surface area contributed by atoms with Crippen LogP contribution in [-0.4, -0.2) is 0 Å². The lowest BCUT2D eigenvalue weighted by Gasteiger charge is -2.31. The molecule has 0 radical (unpaired) electrons. The Kier molecular flexibility index (Phi) is 1.65. The van der Waals surface area contributed by atoms with Gasteiger partial charge in [0.15, 0.2) is 10.8 Å². The number of rotatable bonds is 0. The third-order valence-corrected chi connectivity index (χ3v) is 5.33. The van der Waals surface area contributed by atoms with Gasteiger partial charge >= 0.3 is 0 Å². The SMILES string of the molecule is CC1CC12[C@H]1C=C[C@@H]2C(C#N)(C#N)C1(C#N)C#N. The van der Waals surface area contributed by atoms with E-state index in [4.69, 9.17) is 0 Å². The van der Waals surface area contributed by atoms with E-state index in [1.165, 1.54) is 0 Å². The lowest BCUT2D eigenvalue weighted by atomic mass is 9.61. The Hall–Kier alpha value is -2.30. The molecule has 0 saturated heterocycles. The van der Waals surface area contributed by atoms with Gasteiger partial charge in [0, 0.05) is 11.8 Å². The summed E-state index contributed by atoms with van der Waals surface area (Å²) in [5.41, 5.74) is -3.22. The molecule has 3 aliphatic carbocycles. The molecule has 0 aromatic rings. The van der Waals surface area contributed by atoms with E-state index < -0.39 is 10.8 Å². The zero-order chi connectivity index (χ0) is 13.2. The second-order valence-corrected chi connectivity index (χ2v) is 5.62. The smallest absolute Gasteiger partial charge is 0.182 e. The summed E-state index contributed by atoms with van der Waals surface area (Å²) in [5, 5.41) is 37.9. The molecule has 0 N–H and O–H groups in total. The van der Waals surface area contributed by atoms with Crippen LogP contribution in [0.2, 0.25) is 0 Å². The quantitative estimate of drug-likeness (QED) is 0.598. The second kappa shape index (κ2) is 2.75. The van der Waals surface area contributed by atoms with Gasteiger partial charge in [0.1, 0.15) is 0 Å². The number of nitriles is 4. The van der Waals surface area contributed by atoms with Crippen molar-refractivity contribution in [2.24, 2.45) is 34.0 Å². The molecule has 0 aromatic heterocycles. The predicted molar refractivity (Wildman–Crippen MR) is 59.7 cm³/mol. The normalized spacial score (nSPS) is 43.7. The minimum Gasteiger partial charge on any atom is -0.196 e. The lowest BCUT2D eigenvalue weighted by Crippen LogP contribution is -2.41. The van der Waals surface area contributed by atoms with E-state index in [-0.39, 0.29) is 17.3 Å². The average Bonchev–Trinajstić information content (AvgIpc) is 2.84. The lowest BCUT2D eigenvalue weighted by molar-refractivity contribution is 0.276. The summed E-state index contributed by atoms with van der Waals surface area (Å²) >= 11 is 0. The molecular weight excluding hydrogens is 224 g/mol. The van der Waals surface area contributed by atoms with E-state index in [9.17, 15) is 21.0 Å². The second-order valence-electron chi connectivity index (χ2n) is 5.62. The van der Waals surface area contributed by atoms with E-state index in [0.717, 1.165) is 6.42 Å². The minimum atomic E-state index is -1.51. The van der Waals surface area contributed by atoms with Crippen molar-refractivity contribution in [3.8, 4) is 24.3 Å². The maximum atomic E-state index is 9.47. The van der Waals surface area contributed by atoms with Crippen LogP contribution < -0.4 is 0 Å². The summed E-state index contributed by atoms with van der Waals surface area (Å²) in [6, 6.07) is 8.04. The van der Waals surface area contributed by atoms with Crippen molar-refractivity contribution in [2.75, 3.05) is 0 Å². The molecule has 0 aromatic carbocycles. The summed E-state index contributed by atoms with van der Waals surface area (Å²) in [6.07, 6.45) is 4.66. The fourth-order valence-electron chi connectivity index (χ4n) is 4.38. The van der Waals surface area contributed by atoms with Gasteiger partial charge < -0.3 is 0 Å². The van der Waals surface area contributed by atoms with E-state index in [1.807, 2.05) is 36.4 Å². The van der Waals surface area contributed by atoms with Crippen LogP contribution in [0.5, 0.6) is 0 Å². The number of nitrogens with zero attached hydrogens (tertiary/aromatic N) is 4. The Morgan fingerprint density at radius 1 is 0.889 bits per heavy atom. The van der Waals surface area contributed by atoms with E-state index >= 15 is 0 Å². The van der Waals surface area contributed by atoms with Gasteiger partial charge in [0.05, 0.1) is 24.3 Å². The molecule has 2 fully saturated rings. The molecule has 4 heteroatoms. The van der Waals surface area contributed by atoms with Gasteiger partial charge in [0.2, 0.25) is 0 Å². The van der Waals surface area contributed by atoms with E-state index in [2.05, 4.69) is 6.92 Å². The highest BCUT2D eigenvalue weighted by Gasteiger charge is 2.83. The van der Waals surface area contributed by atoms with Crippen molar-refractivity contribution in [3.63, 3.8) is 0 Å². The maximum absolute atomic E-state index is 9.47. The van der Waals surface area contributed by atoms with Crippen molar-refractivity contribution >= 4 is 0 Å². The first-order valence-electron chi connectivity index (χ1n) is 5.93. The number of allylic oxidation sites excluding steroid dienone is 2. The van der Waals surface area contributed by atoms with Crippen molar-refractivity contribution in [3.05, 3.63) is 12.2 Å². The largest absolute Gasteiger partial charge is 0.196 e. The molecule has 3 rings (SSSR count). The molecule has 2 saturated carbocycles. The first-order valence-corrected chi connectivity index (χ1v) is 5.93. The molecule has 18 heavy (non-hydrogen) atoms. The number of hydrogen-bond acceptors (Lipinski definition) is 4. The van der Waals surface area contributed by atoms with Crippen LogP contribution in [0.3, 0.4) is 0 Å². The molecule has 3 aliphatic rings. The molecule has 4 nitrogen and oxygen atoms in total. The molecule has 4 atom stereocenters. The van der Waals surface area contributed by atoms with Crippen LogP contribution in [0.25, 0.3) is 0 Å². The Morgan fingerprint density at radius 3 is 1.44 bits per heavy atom. The Morgan fingerprint density at radius 2 is 1.22 bits per heavy atom. The summed E-state index contributed by atoms with van der Waals surface area (Å²) < 4.78 is 0. The van der Waals surface area contributed by atoms with Gasteiger partial charge in [-0.25, -0.2) is 0 Å². The van der Waals surface area contributed by atoms with Crippen molar-refractivity contribution in [1.29, 1.82) is 21.0 Å². The molecule has 2 unspecified atom stereocenters. The fourth-order valence-corrected chi connectivity index (χ4v) is 4.38. The number of hydrogen-bond donors (Lipinski definition) is 0. The van der Waals surface area contributed by atoms with Crippen molar-refractivity contribution in [2.45, 2.75) is 13.3 Å². The van der Waals surface area contributed by atoms with Crippen LogP contribution in [0.1, 0.15) is 13.3 Å². The van der Waals surface area contributed by atoms with Gasteiger partial charge in [-0.05, 0) is 17.8 Å². The first kappa shape index (κ1) is 10.8. The fraction of sp³-hybridized carbons (Fsp3) is 0.571. The van der Waals surface area contributed by atoms with Crippen LogP contribution in [0.15, 0.2) is 12.2 Å². The Balaban J connectivity index is 2.33. The summed E-state index contributed by atoms with van der Waals surface area (Å²) in [6.45, 7) is 2.07. The van der Waals surface area contributed by atoms with Crippen LogP contribution in [0.4, 0.5) is 0 Å².